The number of nitrogens with one attached hydrogen (secondary N) is 1. The molecule has 0 saturated carbocycles. The summed E-state index contributed by atoms with van der Waals surface area (Å²) >= 11 is 7.19. The minimum atomic E-state index is -0.354. The molecule has 0 fully saturated rings. The molecule has 17 heavy (non-hydrogen) atoms. The average molecular weight is 276 g/mol. The molecule has 1 amide bonds. The van der Waals surface area contributed by atoms with Crippen molar-refractivity contribution in [3.05, 3.63) is 16.9 Å². The minimum Gasteiger partial charge on any atom is -0.396 e. The van der Waals surface area contributed by atoms with Gasteiger partial charge < -0.3 is 10.4 Å². The highest BCUT2D eigenvalue weighted by Gasteiger charge is 2.14. The predicted octanol–water partition coefficient (Wildman–Crippen LogP) is 1.21. The molecule has 94 valence electrons. The smallest absolute Gasteiger partial charge is 0.271 e. The molecule has 0 aliphatic carbocycles. The Morgan fingerprint density at radius 2 is 2.41 bits per heavy atom. The third-order valence-electron chi connectivity index (χ3n) is 2.04. The van der Waals surface area contributed by atoms with E-state index in [1.807, 2.05) is 13.2 Å². The van der Waals surface area contributed by atoms with Gasteiger partial charge in [0.15, 0.2) is 10.9 Å². The number of hydrogen-bond acceptors (Lipinski definition) is 5. The van der Waals surface area contributed by atoms with Gasteiger partial charge in [0.05, 0.1) is 11.2 Å². The molecule has 7 heteroatoms. The topological polar surface area (TPSA) is 75.1 Å². The van der Waals surface area contributed by atoms with Crippen LogP contribution in [0, 0.1) is 5.92 Å². The van der Waals surface area contributed by atoms with Crippen LogP contribution in [0.1, 0.15) is 17.4 Å². The van der Waals surface area contributed by atoms with E-state index in [0.29, 0.717) is 11.7 Å². The van der Waals surface area contributed by atoms with Crippen LogP contribution >= 0.6 is 23.4 Å². The van der Waals surface area contributed by atoms with Crippen LogP contribution in [0.4, 0.5) is 0 Å². The van der Waals surface area contributed by atoms with E-state index in [1.165, 1.54) is 18.0 Å². The Kier molecular flexibility index (Phi) is 5.67. The van der Waals surface area contributed by atoms with Gasteiger partial charge in [-0.1, -0.05) is 30.3 Å². The number of rotatable bonds is 5. The lowest BCUT2D eigenvalue weighted by molar-refractivity contribution is 0.0936. The van der Waals surface area contributed by atoms with E-state index >= 15 is 0 Å². The Morgan fingerprint density at radius 3 is 3.00 bits per heavy atom. The molecule has 0 aliphatic rings. The van der Waals surface area contributed by atoms with E-state index in [-0.39, 0.29) is 29.1 Å². The molecule has 0 bridgehead atoms. The van der Waals surface area contributed by atoms with Gasteiger partial charge in [-0.2, -0.15) is 0 Å². The van der Waals surface area contributed by atoms with Crippen molar-refractivity contribution in [3.8, 4) is 0 Å². The van der Waals surface area contributed by atoms with Crippen LogP contribution in [0.3, 0.4) is 0 Å². The number of carbonyl (C=O) groups is 1. The van der Waals surface area contributed by atoms with Gasteiger partial charge in [0.1, 0.15) is 0 Å². The lowest BCUT2D eigenvalue weighted by atomic mass is 10.2. The van der Waals surface area contributed by atoms with Crippen LogP contribution in [0.2, 0.25) is 5.02 Å². The van der Waals surface area contributed by atoms with Crippen molar-refractivity contribution in [2.45, 2.75) is 12.1 Å². The van der Waals surface area contributed by atoms with E-state index in [2.05, 4.69) is 15.3 Å². The first-order valence-corrected chi connectivity index (χ1v) is 6.64. The fourth-order valence-corrected chi connectivity index (χ4v) is 1.54. The predicted molar refractivity (Wildman–Crippen MR) is 67.4 cm³/mol. The van der Waals surface area contributed by atoms with Gasteiger partial charge in [0.25, 0.3) is 5.91 Å². The Labute approximate surface area is 109 Å². The second kappa shape index (κ2) is 6.78. The number of hydrogen-bond donors (Lipinski definition) is 2. The quantitative estimate of drug-likeness (QED) is 0.624. The number of aliphatic hydroxyl groups is 1. The van der Waals surface area contributed by atoms with Gasteiger partial charge in [-0.15, -0.1) is 0 Å². The van der Waals surface area contributed by atoms with Gasteiger partial charge in [-0.05, 0) is 12.2 Å². The summed E-state index contributed by atoms with van der Waals surface area (Å²) < 4.78 is 0. The van der Waals surface area contributed by atoms with Gasteiger partial charge in [-0.25, -0.2) is 9.97 Å². The third-order valence-corrected chi connectivity index (χ3v) is 2.88. The SMILES string of the molecule is CSc1ncc(Cl)c(C(=O)NCC(C)CO)n1. The van der Waals surface area contributed by atoms with E-state index in [9.17, 15) is 4.79 Å². The molecular weight excluding hydrogens is 262 g/mol. The number of halogens is 1. The van der Waals surface area contributed by atoms with E-state index < -0.39 is 0 Å². The molecular formula is C10H14ClN3O2S. The summed E-state index contributed by atoms with van der Waals surface area (Å²) in [7, 11) is 0. The van der Waals surface area contributed by atoms with Crippen molar-refractivity contribution in [1.29, 1.82) is 0 Å². The Hall–Kier alpha value is -0.850. The zero-order valence-electron chi connectivity index (χ0n) is 9.61. The molecule has 1 aromatic rings. The summed E-state index contributed by atoms with van der Waals surface area (Å²) in [6, 6.07) is 0. The lowest BCUT2D eigenvalue weighted by Gasteiger charge is -2.10. The molecule has 0 spiro atoms. The highest BCUT2D eigenvalue weighted by Crippen LogP contribution is 2.16. The van der Waals surface area contributed by atoms with Crippen molar-refractivity contribution in [1.82, 2.24) is 15.3 Å². The first-order chi connectivity index (χ1) is 8.08. The van der Waals surface area contributed by atoms with Crippen molar-refractivity contribution in [2.24, 2.45) is 5.92 Å². The first kappa shape index (κ1) is 14.2. The molecule has 1 aromatic heterocycles. The van der Waals surface area contributed by atoms with E-state index in [1.54, 1.807) is 0 Å². The van der Waals surface area contributed by atoms with Gasteiger partial charge in [-0.3, -0.25) is 4.79 Å². The van der Waals surface area contributed by atoms with E-state index in [0.717, 1.165) is 0 Å². The second-order valence-electron chi connectivity index (χ2n) is 3.55. The monoisotopic (exact) mass is 275 g/mol. The number of aromatic nitrogens is 2. The van der Waals surface area contributed by atoms with Crippen LogP contribution < -0.4 is 5.32 Å². The summed E-state index contributed by atoms with van der Waals surface area (Å²) in [6.07, 6.45) is 3.23. The highest BCUT2D eigenvalue weighted by molar-refractivity contribution is 7.98. The third kappa shape index (κ3) is 4.14. The first-order valence-electron chi connectivity index (χ1n) is 5.04. The molecule has 1 rings (SSSR count). The van der Waals surface area contributed by atoms with Crippen molar-refractivity contribution < 1.29 is 9.90 Å². The molecule has 0 radical (unpaired) electrons. The Morgan fingerprint density at radius 1 is 1.71 bits per heavy atom. The fourth-order valence-electron chi connectivity index (χ4n) is 1.02. The summed E-state index contributed by atoms with van der Waals surface area (Å²) in [5, 5.41) is 12.2. The zero-order valence-corrected chi connectivity index (χ0v) is 11.2. The molecule has 0 aromatic carbocycles. The maximum atomic E-state index is 11.8. The molecule has 1 unspecified atom stereocenters. The molecule has 0 aliphatic heterocycles. The van der Waals surface area contributed by atoms with Gasteiger partial charge in [0.2, 0.25) is 0 Å². The van der Waals surface area contributed by atoms with E-state index in [4.69, 9.17) is 16.7 Å². The van der Waals surface area contributed by atoms with Crippen LogP contribution in [-0.4, -0.2) is 40.4 Å². The summed E-state index contributed by atoms with van der Waals surface area (Å²) in [5.74, 6) is -0.354. The lowest BCUT2D eigenvalue weighted by Crippen LogP contribution is -2.30. The number of aliphatic hydroxyl groups excluding tert-OH is 1. The van der Waals surface area contributed by atoms with Crippen LogP contribution in [0.15, 0.2) is 11.4 Å². The summed E-state index contributed by atoms with van der Waals surface area (Å²) in [5.41, 5.74) is 0.163. The van der Waals surface area contributed by atoms with Crippen molar-refractivity contribution in [2.75, 3.05) is 19.4 Å². The molecule has 1 atom stereocenters. The second-order valence-corrected chi connectivity index (χ2v) is 4.73. The van der Waals surface area contributed by atoms with Crippen LogP contribution in [-0.2, 0) is 0 Å². The fraction of sp³-hybridized carbons (Fsp3) is 0.500. The Balaban J connectivity index is 2.74. The number of amides is 1. The van der Waals surface area contributed by atoms with Crippen LogP contribution in [0.5, 0.6) is 0 Å². The standard InChI is InChI=1S/C10H14ClN3O2S/c1-6(5-15)3-12-9(16)8-7(11)4-13-10(14-8)17-2/h4,6,15H,3,5H2,1-2H3,(H,12,16). The Bertz CT molecular complexity index is 403. The number of carbonyl (C=O) groups excluding carboxylic acids is 1. The van der Waals surface area contributed by atoms with Crippen molar-refractivity contribution >= 4 is 29.3 Å². The maximum absolute atomic E-state index is 11.8. The molecule has 0 saturated heterocycles. The van der Waals surface area contributed by atoms with Gasteiger partial charge >= 0.3 is 0 Å². The van der Waals surface area contributed by atoms with Gasteiger partial charge in [0, 0.05) is 13.2 Å². The number of nitrogens with zero attached hydrogens (tertiary/aromatic N) is 2. The minimum absolute atomic E-state index is 0.000386. The molecule has 1 heterocycles. The number of thioether (sulfide) groups is 1. The zero-order chi connectivity index (χ0) is 12.8. The van der Waals surface area contributed by atoms with Crippen molar-refractivity contribution in [3.63, 3.8) is 0 Å². The summed E-state index contributed by atoms with van der Waals surface area (Å²) in [6.45, 7) is 2.23. The average Bonchev–Trinajstić information content (AvgIpc) is 2.36. The molecule has 2 N–H and O–H groups in total. The highest BCUT2D eigenvalue weighted by atomic mass is 35.5. The summed E-state index contributed by atoms with van der Waals surface area (Å²) in [4.78, 5) is 19.8. The molecule has 5 nitrogen and oxygen atoms in total. The normalized spacial score (nSPS) is 12.2. The maximum Gasteiger partial charge on any atom is 0.271 e. The van der Waals surface area contributed by atoms with Crippen LogP contribution in [0.25, 0.3) is 0 Å². The largest absolute Gasteiger partial charge is 0.396 e.